The first-order valence-electron chi connectivity index (χ1n) is 12.6. The van der Waals surface area contributed by atoms with Crippen LogP contribution in [0.1, 0.15) is 23.9 Å². The quantitative estimate of drug-likeness (QED) is 0.365. The summed E-state index contributed by atoms with van der Waals surface area (Å²) in [6.07, 6.45) is -1.95. The van der Waals surface area contributed by atoms with Crippen LogP contribution in [0, 0.1) is 11.6 Å². The number of hydrogen-bond donors (Lipinski definition) is 1. The van der Waals surface area contributed by atoms with Crippen LogP contribution in [0.15, 0.2) is 36.7 Å². The minimum Gasteiger partial charge on any atom is -0.316 e. The zero-order valence-electron chi connectivity index (χ0n) is 21.0. The second kappa shape index (κ2) is 9.79. The lowest BCUT2D eigenvalue weighted by atomic mass is 10.1. The number of pyridine rings is 1. The van der Waals surface area contributed by atoms with E-state index in [9.17, 15) is 22.0 Å². The fraction of sp³-hybridized carbons (Fsp3) is 0.385. The molecule has 0 radical (unpaired) electrons. The molecule has 1 N–H and O–H groups in total. The molecule has 0 aliphatic carbocycles. The van der Waals surface area contributed by atoms with Crippen molar-refractivity contribution in [2.75, 3.05) is 38.5 Å². The molecule has 1 aromatic carbocycles. The fourth-order valence-electron chi connectivity index (χ4n) is 5.17. The molecule has 2 aliphatic rings. The number of fused-ring (bicyclic) bond motifs is 3. The SMILES string of the molecule is CN1CCN(Cc2ccc(Nc3ncc(F)c(-c4cc(F)c5nc6n(c5c4)[C@H](C(F)(F)F)CC6)n3)nc2)CC1. The molecule has 0 unspecified atom stereocenters. The maximum absolute atomic E-state index is 15.0. The number of aryl methyl sites for hydroxylation is 1. The van der Waals surface area contributed by atoms with Gasteiger partial charge in [-0.25, -0.2) is 28.7 Å². The highest BCUT2D eigenvalue weighted by Crippen LogP contribution is 2.42. The van der Waals surface area contributed by atoms with Crippen molar-refractivity contribution in [3.05, 3.63) is 59.7 Å². The van der Waals surface area contributed by atoms with Crippen molar-refractivity contribution < 1.29 is 22.0 Å². The second-order valence-corrected chi connectivity index (χ2v) is 9.97. The van der Waals surface area contributed by atoms with E-state index >= 15 is 0 Å². The van der Waals surface area contributed by atoms with Crippen LogP contribution in [-0.4, -0.2) is 73.7 Å². The van der Waals surface area contributed by atoms with Gasteiger partial charge in [-0.05, 0) is 37.2 Å². The van der Waals surface area contributed by atoms with Gasteiger partial charge in [-0.15, -0.1) is 0 Å². The van der Waals surface area contributed by atoms with E-state index in [0.717, 1.165) is 55.1 Å². The van der Waals surface area contributed by atoms with Gasteiger partial charge in [-0.1, -0.05) is 6.07 Å². The number of halogens is 5. The van der Waals surface area contributed by atoms with Gasteiger partial charge in [-0.2, -0.15) is 13.2 Å². The van der Waals surface area contributed by atoms with Crippen LogP contribution in [0.2, 0.25) is 0 Å². The largest absolute Gasteiger partial charge is 0.409 e. The van der Waals surface area contributed by atoms with Crippen molar-refractivity contribution in [1.82, 2.24) is 34.3 Å². The normalized spacial score (nSPS) is 18.6. The molecule has 1 saturated heterocycles. The van der Waals surface area contributed by atoms with E-state index in [2.05, 4.69) is 42.1 Å². The molecule has 5 heterocycles. The molecule has 6 rings (SSSR count). The van der Waals surface area contributed by atoms with Gasteiger partial charge in [0.25, 0.3) is 0 Å². The molecular weight excluding hydrogens is 519 g/mol. The highest BCUT2D eigenvalue weighted by molar-refractivity contribution is 5.83. The number of hydrogen-bond acceptors (Lipinski definition) is 7. The summed E-state index contributed by atoms with van der Waals surface area (Å²) >= 11 is 0. The standard InChI is InChI=1S/C26H25F5N8/c1-37-6-8-38(9-7-37)14-15-2-4-21(32-12-15)34-25-33-13-18(28)23(36-25)16-10-17(27)24-19(11-16)39-20(26(29,30)31)3-5-22(39)35-24/h2,4,10-13,20H,3,5-9,14H2,1H3,(H,32,33,34,36)/t20-/m0/s1. The first-order valence-corrected chi connectivity index (χ1v) is 12.6. The zero-order chi connectivity index (χ0) is 27.3. The van der Waals surface area contributed by atoms with Crippen LogP contribution in [-0.2, 0) is 13.0 Å². The van der Waals surface area contributed by atoms with Gasteiger partial charge in [0.15, 0.2) is 11.6 Å². The molecule has 1 atom stereocenters. The lowest BCUT2D eigenvalue weighted by Crippen LogP contribution is -2.43. The molecule has 4 aromatic rings. The van der Waals surface area contributed by atoms with E-state index < -0.39 is 23.9 Å². The van der Waals surface area contributed by atoms with Crippen molar-refractivity contribution in [1.29, 1.82) is 0 Å². The minimum atomic E-state index is -4.52. The number of rotatable bonds is 5. The molecule has 0 bridgehead atoms. The summed E-state index contributed by atoms with van der Waals surface area (Å²) in [5, 5.41) is 2.91. The Hall–Kier alpha value is -3.71. The predicted octanol–water partition coefficient (Wildman–Crippen LogP) is 4.71. The molecule has 3 aromatic heterocycles. The lowest BCUT2D eigenvalue weighted by molar-refractivity contribution is -0.164. The molecule has 2 aliphatic heterocycles. The summed E-state index contributed by atoms with van der Waals surface area (Å²) in [4.78, 5) is 21.2. The van der Waals surface area contributed by atoms with Crippen LogP contribution in [0.4, 0.5) is 33.7 Å². The lowest BCUT2D eigenvalue weighted by Gasteiger charge is -2.32. The number of nitrogens with zero attached hydrogens (tertiary/aromatic N) is 7. The van der Waals surface area contributed by atoms with Crippen LogP contribution in [0.5, 0.6) is 0 Å². The van der Waals surface area contributed by atoms with Gasteiger partial charge in [0.2, 0.25) is 5.95 Å². The van der Waals surface area contributed by atoms with Gasteiger partial charge < -0.3 is 14.8 Å². The van der Waals surface area contributed by atoms with Crippen LogP contribution >= 0.6 is 0 Å². The third kappa shape index (κ3) is 5.03. The third-order valence-electron chi connectivity index (χ3n) is 7.24. The van der Waals surface area contributed by atoms with Crippen LogP contribution in [0.3, 0.4) is 0 Å². The van der Waals surface area contributed by atoms with Gasteiger partial charge >= 0.3 is 6.18 Å². The number of likely N-dealkylation sites (N-methyl/N-ethyl adjacent to an activating group) is 1. The Morgan fingerprint density at radius 2 is 1.77 bits per heavy atom. The van der Waals surface area contributed by atoms with Crippen LogP contribution < -0.4 is 5.32 Å². The Kier molecular flexibility index (Phi) is 6.42. The topological polar surface area (TPSA) is 75.0 Å². The average Bonchev–Trinajstić information content (AvgIpc) is 3.48. The molecule has 0 saturated carbocycles. The fourth-order valence-corrected chi connectivity index (χ4v) is 5.17. The third-order valence-corrected chi connectivity index (χ3v) is 7.24. The molecule has 39 heavy (non-hydrogen) atoms. The summed E-state index contributed by atoms with van der Waals surface area (Å²) in [5.74, 6) is -1.11. The van der Waals surface area contributed by atoms with Crippen LogP contribution in [0.25, 0.3) is 22.3 Å². The molecule has 204 valence electrons. The van der Waals surface area contributed by atoms with E-state index in [-0.39, 0.29) is 46.9 Å². The molecule has 13 heteroatoms. The number of aromatic nitrogens is 5. The van der Waals surface area contributed by atoms with Gasteiger partial charge in [0.1, 0.15) is 28.9 Å². The summed E-state index contributed by atoms with van der Waals surface area (Å²) in [6.45, 7) is 4.77. The second-order valence-electron chi connectivity index (χ2n) is 9.97. The Balaban J connectivity index is 1.25. The van der Waals surface area contributed by atoms with E-state index in [1.165, 1.54) is 6.07 Å². The summed E-state index contributed by atoms with van der Waals surface area (Å²) in [7, 11) is 2.10. The Morgan fingerprint density at radius 3 is 2.49 bits per heavy atom. The number of nitrogens with one attached hydrogen (secondary N) is 1. The first kappa shape index (κ1) is 25.6. The van der Waals surface area contributed by atoms with Crippen molar-refractivity contribution in [2.24, 2.45) is 0 Å². The van der Waals surface area contributed by atoms with Crippen molar-refractivity contribution >= 4 is 22.8 Å². The molecule has 0 amide bonds. The van der Waals surface area contributed by atoms with Crippen molar-refractivity contribution in [3.8, 4) is 11.3 Å². The van der Waals surface area contributed by atoms with E-state index in [0.29, 0.717) is 5.82 Å². The number of anilines is 2. The zero-order valence-corrected chi connectivity index (χ0v) is 21.0. The van der Waals surface area contributed by atoms with Crippen molar-refractivity contribution in [3.63, 3.8) is 0 Å². The summed E-state index contributed by atoms with van der Waals surface area (Å²) < 4.78 is 71.6. The van der Waals surface area contributed by atoms with E-state index in [1.807, 2.05) is 6.07 Å². The first-order chi connectivity index (χ1) is 18.7. The number of piperazine rings is 1. The highest BCUT2D eigenvalue weighted by Gasteiger charge is 2.45. The summed E-state index contributed by atoms with van der Waals surface area (Å²) in [6, 6.07) is 4.19. The Bertz CT molecular complexity index is 1510. The number of benzene rings is 1. The van der Waals surface area contributed by atoms with Gasteiger partial charge in [-0.3, -0.25) is 4.90 Å². The molecular formula is C26H25F5N8. The average molecular weight is 545 g/mol. The number of alkyl halides is 3. The molecule has 1 fully saturated rings. The maximum Gasteiger partial charge on any atom is 0.409 e. The Morgan fingerprint density at radius 1 is 0.974 bits per heavy atom. The van der Waals surface area contributed by atoms with E-state index in [4.69, 9.17) is 0 Å². The van der Waals surface area contributed by atoms with Gasteiger partial charge in [0.05, 0.1) is 11.7 Å². The number of imidazole rings is 1. The predicted molar refractivity (Wildman–Crippen MR) is 134 cm³/mol. The molecule has 0 spiro atoms. The smallest absolute Gasteiger partial charge is 0.316 e. The monoisotopic (exact) mass is 544 g/mol. The Labute approximate surface area is 220 Å². The maximum atomic E-state index is 15.0. The van der Waals surface area contributed by atoms with E-state index in [1.54, 1.807) is 12.3 Å². The summed E-state index contributed by atoms with van der Waals surface area (Å²) in [5.41, 5.74) is 0.535. The minimum absolute atomic E-state index is 0.0119. The van der Waals surface area contributed by atoms with Crippen molar-refractivity contribution in [2.45, 2.75) is 31.6 Å². The van der Waals surface area contributed by atoms with Gasteiger partial charge in [0, 0.05) is 50.9 Å². The molecule has 8 nitrogen and oxygen atoms in total. The highest BCUT2D eigenvalue weighted by atomic mass is 19.4.